The van der Waals surface area contributed by atoms with Gasteiger partial charge in [0.2, 0.25) is 0 Å². The molecule has 0 aromatic heterocycles. The number of ether oxygens (including phenoxy) is 2. The minimum atomic E-state index is 0.665. The van der Waals surface area contributed by atoms with E-state index in [1.165, 1.54) is 31.9 Å². The molecule has 1 N–H and O–H groups in total. The van der Waals surface area contributed by atoms with E-state index in [9.17, 15) is 0 Å². The van der Waals surface area contributed by atoms with Crippen LogP contribution in [0.4, 0.5) is 0 Å². The summed E-state index contributed by atoms with van der Waals surface area (Å²) in [5.41, 5.74) is 0. The summed E-state index contributed by atoms with van der Waals surface area (Å²) < 4.78 is 11.5. The van der Waals surface area contributed by atoms with Gasteiger partial charge >= 0.3 is 0 Å². The van der Waals surface area contributed by atoms with Crippen LogP contribution >= 0.6 is 0 Å². The second-order valence-corrected chi connectivity index (χ2v) is 5.99. The van der Waals surface area contributed by atoms with Crippen molar-refractivity contribution in [3.8, 4) is 5.75 Å². The van der Waals surface area contributed by atoms with Crippen LogP contribution in [0.2, 0.25) is 0 Å². The summed E-state index contributed by atoms with van der Waals surface area (Å²) in [4.78, 5) is 0. The van der Waals surface area contributed by atoms with Gasteiger partial charge in [-0.15, -0.1) is 0 Å². The average Bonchev–Trinajstić information content (AvgIpc) is 2.71. The van der Waals surface area contributed by atoms with Crippen molar-refractivity contribution in [2.45, 2.75) is 72.1 Å². The van der Waals surface area contributed by atoms with Crippen molar-refractivity contribution in [3.05, 3.63) is 54.3 Å². The third kappa shape index (κ3) is 15.9. The summed E-state index contributed by atoms with van der Waals surface area (Å²) in [5.74, 6) is 1.90. The molecule has 0 atom stereocenters. The second kappa shape index (κ2) is 20.3. The second-order valence-electron chi connectivity index (χ2n) is 5.99. The van der Waals surface area contributed by atoms with Crippen molar-refractivity contribution in [1.29, 1.82) is 5.41 Å². The Morgan fingerprint density at radius 1 is 0.926 bits per heavy atom. The minimum Gasteiger partial charge on any atom is -0.494 e. The van der Waals surface area contributed by atoms with Crippen molar-refractivity contribution < 1.29 is 9.47 Å². The van der Waals surface area contributed by atoms with Gasteiger partial charge in [0, 0.05) is 6.42 Å². The van der Waals surface area contributed by atoms with Crippen LogP contribution in [0.3, 0.4) is 0 Å². The fraction of sp³-hybridized carbons (Fsp3) is 0.542. The zero-order valence-corrected chi connectivity index (χ0v) is 17.6. The van der Waals surface area contributed by atoms with Crippen molar-refractivity contribution in [2.75, 3.05) is 13.2 Å². The van der Waals surface area contributed by atoms with Gasteiger partial charge in [-0.1, -0.05) is 70.7 Å². The quantitative estimate of drug-likeness (QED) is 0.151. The highest BCUT2D eigenvalue weighted by molar-refractivity contribution is 5.55. The number of hydrogen-bond acceptors (Lipinski definition) is 3. The minimum absolute atomic E-state index is 0.665. The van der Waals surface area contributed by atoms with E-state index in [1.807, 2.05) is 56.3 Å². The average molecular weight is 374 g/mol. The van der Waals surface area contributed by atoms with E-state index in [2.05, 4.69) is 13.0 Å². The summed E-state index contributed by atoms with van der Waals surface area (Å²) in [6.07, 6.45) is 16.2. The zero-order chi connectivity index (χ0) is 20.0. The summed E-state index contributed by atoms with van der Waals surface area (Å²) in [7, 11) is 0. The van der Waals surface area contributed by atoms with Gasteiger partial charge in [0.05, 0.1) is 13.2 Å². The molecule has 27 heavy (non-hydrogen) atoms. The Morgan fingerprint density at radius 3 is 2.19 bits per heavy atom. The molecule has 0 spiro atoms. The lowest BCUT2D eigenvalue weighted by atomic mass is 10.1. The highest BCUT2D eigenvalue weighted by atomic mass is 16.5. The van der Waals surface area contributed by atoms with Crippen LogP contribution in [0.1, 0.15) is 72.1 Å². The van der Waals surface area contributed by atoms with E-state index in [0.717, 1.165) is 44.0 Å². The fourth-order valence-electron chi connectivity index (χ4n) is 2.44. The topological polar surface area (TPSA) is 42.3 Å². The van der Waals surface area contributed by atoms with Crippen LogP contribution in [0.15, 0.2) is 54.3 Å². The van der Waals surface area contributed by atoms with Crippen LogP contribution in [0.25, 0.3) is 0 Å². The van der Waals surface area contributed by atoms with Crippen molar-refractivity contribution in [3.63, 3.8) is 0 Å². The number of hydrogen-bond donors (Lipinski definition) is 1. The third-order valence-electron chi connectivity index (χ3n) is 3.76. The first-order valence-electron chi connectivity index (χ1n) is 10.5. The Labute approximate surface area is 167 Å². The molecule has 1 rings (SSSR count). The molecule has 0 amide bonds. The summed E-state index contributed by atoms with van der Waals surface area (Å²) in [6, 6.07) is 10.0. The molecule has 0 bridgehead atoms. The molecule has 3 nitrogen and oxygen atoms in total. The van der Waals surface area contributed by atoms with E-state index in [4.69, 9.17) is 14.9 Å². The predicted molar refractivity (Wildman–Crippen MR) is 118 cm³/mol. The highest BCUT2D eigenvalue weighted by Crippen LogP contribution is 2.11. The maximum atomic E-state index is 7.02. The smallest absolute Gasteiger partial charge is 0.119 e. The van der Waals surface area contributed by atoms with Gasteiger partial charge in [-0.2, -0.15) is 0 Å². The Kier molecular flexibility index (Phi) is 18.8. The largest absolute Gasteiger partial charge is 0.494 e. The van der Waals surface area contributed by atoms with Gasteiger partial charge in [0.15, 0.2) is 0 Å². The van der Waals surface area contributed by atoms with Crippen LogP contribution in [0.5, 0.6) is 5.75 Å². The Balaban J connectivity index is 0.00000326. The monoisotopic (exact) mass is 373 g/mol. The van der Waals surface area contributed by atoms with E-state index >= 15 is 0 Å². The predicted octanol–water partition coefficient (Wildman–Crippen LogP) is 7.34. The first kappa shape index (κ1) is 25.0. The molecular weight excluding hydrogens is 334 g/mol. The summed E-state index contributed by atoms with van der Waals surface area (Å²) >= 11 is 0. The number of unbranched alkanes of at least 4 members (excludes halogenated alkanes) is 5. The summed E-state index contributed by atoms with van der Waals surface area (Å²) in [5, 5.41) is 7.02. The lowest BCUT2D eigenvalue weighted by Gasteiger charge is -2.07. The first-order valence-corrected chi connectivity index (χ1v) is 10.5. The molecule has 0 unspecified atom stereocenters. The summed E-state index contributed by atoms with van der Waals surface area (Å²) in [6.45, 7) is 7.69. The number of nitrogens with one attached hydrogen (secondary N) is 1. The van der Waals surface area contributed by atoms with Gasteiger partial charge in [-0.05, 0) is 49.8 Å². The first-order chi connectivity index (χ1) is 13.4. The van der Waals surface area contributed by atoms with E-state index in [-0.39, 0.29) is 0 Å². The molecular formula is C24H39NO2. The van der Waals surface area contributed by atoms with E-state index in [0.29, 0.717) is 6.42 Å². The van der Waals surface area contributed by atoms with Crippen LogP contribution in [-0.4, -0.2) is 19.4 Å². The lowest BCUT2D eigenvalue weighted by molar-refractivity contribution is 0.215. The maximum Gasteiger partial charge on any atom is 0.119 e. The number of rotatable bonds is 15. The van der Waals surface area contributed by atoms with Crippen molar-refractivity contribution in [1.82, 2.24) is 0 Å². The van der Waals surface area contributed by atoms with Gasteiger partial charge in [-0.3, -0.25) is 0 Å². The van der Waals surface area contributed by atoms with Gasteiger partial charge in [0.1, 0.15) is 11.5 Å². The molecule has 0 heterocycles. The van der Waals surface area contributed by atoms with Crippen molar-refractivity contribution >= 4 is 6.21 Å². The molecule has 0 saturated heterocycles. The zero-order valence-electron chi connectivity index (χ0n) is 17.6. The molecule has 1 aromatic rings. The molecule has 0 saturated carbocycles. The normalized spacial score (nSPS) is 11.0. The molecule has 1 aromatic carbocycles. The van der Waals surface area contributed by atoms with Gasteiger partial charge in [0.25, 0.3) is 0 Å². The van der Waals surface area contributed by atoms with Gasteiger partial charge < -0.3 is 14.9 Å². The number of allylic oxidation sites excluding steroid dienone is 3. The Hall–Kier alpha value is -2.03. The van der Waals surface area contributed by atoms with E-state index < -0.39 is 0 Å². The van der Waals surface area contributed by atoms with E-state index in [1.54, 1.807) is 0 Å². The Bertz CT molecular complexity index is 494. The molecule has 0 fully saturated rings. The van der Waals surface area contributed by atoms with Gasteiger partial charge in [-0.25, -0.2) is 0 Å². The fourth-order valence-corrected chi connectivity index (χ4v) is 2.44. The van der Waals surface area contributed by atoms with Crippen molar-refractivity contribution in [2.24, 2.45) is 0 Å². The third-order valence-corrected chi connectivity index (χ3v) is 3.76. The number of para-hydroxylation sites is 1. The highest BCUT2D eigenvalue weighted by Gasteiger charge is 1.96. The number of benzene rings is 1. The molecule has 0 aliphatic carbocycles. The molecule has 152 valence electrons. The maximum absolute atomic E-state index is 7.02. The molecule has 0 radical (unpaired) electrons. The lowest BCUT2D eigenvalue weighted by Crippen LogP contribution is -1.97. The van der Waals surface area contributed by atoms with Crippen LogP contribution in [0, 0.1) is 5.41 Å². The Morgan fingerprint density at radius 2 is 1.56 bits per heavy atom. The molecule has 3 heteroatoms. The van der Waals surface area contributed by atoms with Crippen LogP contribution < -0.4 is 4.74 Å². The standard InChI is InChI=1S/C22H33NO2.C2H6/c1-2-14-21(17-10-11-18-23)24-19-12-5-3-4-6-13-20-25-22-15-8-7-9-16-22;1-2/h7-10,14-18,23H,2-6,11-13,19-20H2,1H3;1-2H3/b17-10-,21-14+,23-18?;. The van der Waals surface area contributed by atoms with Crippen LogP contribution in [-0.2, 0) is 4.74 Å². The molecule has 0 aliphatic rings. The molecule has 0 aliphatic heterocycles. The SMILES string of the molecule is CC.CC/C=C(\C=C/CC=N)OCCCCCCCCOc1ccccc1.